The molecular weight excluding hydrogens is 364 g/mol. The van der Waals surface area contributed by atoms with Gasteiger partial charge in [0.05, 0.1) is 16.8 Å². The second-order valence-electron chi connectivity index (χ2n) is 7.83. The van der Waals surface area contributed by atoms with E-state index in [9.17, 15) is 14.4 Å². The molecule has 0 saturated carbocycles. The van der Waals surface area contributed by atoms with Gasteiger partial charge in [0.1, 0.15) is 11.5 Å². The maximum atomic E-state index is 12.5. The van der Waals surface area contributed by atoms with E-state index in [2.05, 4.69) is 10.4 Å². The molecule has 2 amide bonds. The van der Waals surface area contributed by atoms with Gasteiger partial charge in [-0.3, -0.25) is 19.1 Å². The summed E-state index contributed by atoms with van der Waals surface area (Å²) < 4.78 is 1.46. The van der Waals surface area contributed by atoms with Crippen molar-refractivity contribution in [2.24, 2.45) is 5.73 Å². The second-order valence-corrected chi connectivity index (χ2v) is 8.93. The first-order valence-corrected chi connectivity index (χ1v) is 9.79. The number of nitrogens with zero attached hydrogens (tertiary/aromatic N) is 2. The Kier molecular flexibility index (Phi) is 5.19. The van der Waals surface area contributed by atoms with Crippen molar-refractivity contribution in [1.29, 1.82) is 0 Å². The average Bonchev–Trinajstić information content (AvgIpc) is 3.14. The number of rotatable bonds is 5. The van der Waals surface area contributed by atoms with E-state index >= 15 is 0 Å². The number of carbonyl (C=O) groups is 3. The molecule has 0 fully saturated rings. The van der Waals surface area contributed by atoms with Crippen LogP contribution in [0.4, 0.5) is 5.00 Å². The molecule has 2 aromatic rings. The molecule has 1 aliphatic rings. The van der Waals surface area contributed by atoms with Crippen molar-refractivity contribution in [3.05, 3.63) is 33.5 Å². The minimum Gasteiger partial charge on any atom is -0.365 e. The van der Waals surface area contributed by atoms with Crippen molar-refractivity contribution in [1.82, 2.24) is 9.78 Å². The predicted octanol–water partition coefficient (Wildman–Crippen LogP) is 2.67. The zero-order valence-corrected chi connectivity index (χ0v) is 16.6. The molecule has 0 atom stereocenters. The number of aryl methyl sites for hydroxylation is 1. The Morgan fingerprint density at radius 1 is 1.33 bits per heavy atom. The molecule has 8 heteroatoms. The van der Waals surface area contributed by atoms with Crippen LogP contribution in [0.2, 0.25) is 0 Å². The van der Waals surface area contributed by atoms with Crippen LogP contribution in [-0.4, -0.2) is 27.9 Å². The summed E-state index contributed by atoms with van der Waals surface area (Å²) in [6, 6.07) is 0. The summed E-state index contributed by atoms with van der Waals surface area (Å²) >= 11 is 1.43. The molecule has 0 saturated heterocycles. The Hall–Kier alpha value is -2.48. The number of thiophene rings is 1. The van der Waals surface area contributed by atoms with E-state index < -0.39 is 5.91 Å². The molecular formula is C19H24N4O3S. The number of nitrogens with two attached hydrogens (primary N) is 1. The van der Waals surface area contributed by atoms with Crippen LogP contribution in [0, 0.1) is 0 Å². The summed E-state index contributed by atoms with van der Waals surface area (Å²) in [6.07, 6.45) is 6.15. The van der Waals surface area contributed by atoms with Crippen LogP contribution < -0.4 is 11.1 Å². The zero-order valence-electron chi connectivity index (χ0n) is 15.8. The normalized spacial score (nSPS) is 13.9. The number of carbonyl (C=O) groups excluding carboxylic acids is 3. The highest BCUT2D eigenvalue weighted by Gasteiger charge is 2.26. The van der Waals surface area contributed by atoms with Gasteiger partial charge in [-0.15, -0.1) is 11.3 Å². The highest BCUT2D eigenvalue weighted by atomic mass is 32.1. The molecule has 0 spiro atoms. The fraction of sp³-hybridized carbons (Fsp3) is 0.474. The van der Waals surface area contributed by atoms with Gasteiger partial charge < -0.3 is 11.1 Å². The lowest BCUT2D eigenvalue weighted by Crippen LogP contribution is -2.22. The largest absolute Gasteiger partial charge is 0.365 e. The summed E-state index contributed by atoms with van der Waals surface area (Å²) in [5.74, 6) is -0.821. The first-order chi connectivity index (χ1) is 12.7. The Morgan fingerprint density at radius 3 is 2.63 bits per heavy atom. The van der Waals surface area contributed by atoms with Gasteiger partial charge in [0.2, 0.25) is 5.91 Å². The molecule has 1 aliphatic carbocycles. The number of hydrogen-bond donors (Lipinski definition) is 2. The lowest BCUT2D eigenvalue weighted by Gasteiger charge is -2.15. The molecule has 2 aromatic heterocycles. The van der Waals surface area contributed by atoms with Crippen LogP contribution in [0.3, 0.4) is 0 Å². The van der Waals surface area contributed by atoms with Gasteiger partial charge in [0.15, 0.2) is 6.29 Å². The van der Waals surface area contributed by atoms with Crippen molar-refractivity contribution in [3.8, 4) is 0 Å². The lowest BCUT2D eigenvalue weighted by molar-refractivity contribution is -0.116. The average molecular weight is 388 g/mol. The van der Waals surface area contributed by atoms with E-state index in [1.54, 1.807) is 6.20 Å². The summed E-state index contributed by atoms with van der Waals surface area (Å²) in [5, 5.41) is 7.72. The smallest absolute Gasteiger partial charge is 0.251 e. The molecule has 0 bridgehead atoms. The van der Waals surface area contributed by atoms with Crippen molar-refractivity contribution in [2.45, 2.75) is 58.4 Å². The van der Waals surface area contributed by atoms with Gasteiger partial charge in [-0.25, -0.2) is 0 Å². The Bertz CT molecular complexity index is 905. The second kappa shape index (κ2) is 7.26. The minimum atomic E-state index is -0.512. The summed E-state index contributed by atoms with van der Waals surface area (Å²) in [4.78, 5) is 36.9. The van der Waals surface area contributed by atoms with Gasteiger partial charge in [0, 0.05) is 16.5 Å². The van der Waals surface area contributed by atoms with Crippen molar-refractivity contribution >= 4 is 34.4 Å². The molecule has 144 valence electrons. The standard InChI is InChI=1S/C19H24N4O3S/c1-19(2,3)16-11(10-24)8-23(22-16)9-14(25)21-18-15(17(20)26)12-6-4-5-7-13(12)27-18/h8,10H,4-7,9H2,1-3H3,(H2,20,26)(H,21,25). The lowest BCUT2D eigenvalue weighted by atomic mass is 9.90. The van der Waals surface area contributed by atoms with Crippen LogP contribution in [0.5, 0.6) is 0 Å². The monoisotopic (exact) mass is 388 g/mol. The van der Waals surface area contributed by atoms with E-state index in [1.807, 2.05) is 20.8 Å². The number of nitrogens with one attached hydrogen (secondary N) is 1. The van der Waals surface area contributed by atoms with Gasteiger partial charge >= 0.3 is 0 Å². The van der Waals surface area contributed by atoms with Crippen molar-refractivity contribution in [2.75, 3.05) is 5.32 Å². The highest BCUT2D eigenvalue weighted by Crippen LogP contribution is 2.37. The highest BCUT2D eigenvalue weighted by molar-refractivity contribution is 7.17. The van der Waals surface area contributed by atoms with Crippen molar-refractivity contribution in [3.63, 3.8) is 0 Å². The number of amides is 2. The third kappa shape index (κ3) is 3.95. The van der Waals surface area contributed by atoms with Crippen LogP contribution in [-0.2, 0) is 29.6 Å². The Labute approximate surface area is 161 Å². The molecule has 0 unspecified atom stereocenters. The number of aldehydes is 1. The molecule has 3 N–H and O–H groups in total. The zero-order chi connectivity index (χ0) is 19.8. The van der Waals surface area contributed by atoms with Gasteiger partial charge in [-0.1, -0.05) is 20.8 Å². The Morgan fingerprint density at radius 2 is 2.04 bits per heavy atom. The van der Waals surface area contributed by atoms with Crippen LogP contribution >= 0.6 is 11.3 Å². The number of hydrogen-bond acceptors (Lipinski definition) is 5. The number of aromatic nitrogens is 2. The molecule has 2 heterocycles. The first-order valence-electron chi connectivity index (χ1n) is 8.98. The van der Waals surface area contributed by atoms with Crippen LogP contribution in [0.15, 0.2) is 6.20 Å². The van der Waals surface area contributed by atoms with Gasteiger partial charge in [0.25, 0.3) is 5.91 Å². The van der Waals surface area contributed by atoms with E-state index in [4.69, 9.17) is 5.73 Å². The van der Waals surface area contributed by atoms with Gasteiger partial charge in [-0.2, -0.15) is 5.10 Å². The maximum absolute atomic E-state index is 12.5. The Balaban J connectivity index is 1.81. The number of anilines is 1. The number of fused-ring (bicyclic) bond motifs is 1. The summed E-state index contributed by atoms with van der Waals surface area (Å²) in [5.41, 5.74) is 7.79. The number of primary amides is 1. The fourth-order valence-corrected chi connectivity index (χ4v) is 4.73. The topological polar surface area (TPSA) is 107 Å². The molecule has 0 aromatic carbocycles. The van der Waals surface area contributed by atoms with Crippen LogP contribution in [0.25, 0.3) is 0 Å². The quantitative estimate of drug-likeness (QED) is 0.768. The molecule has 0 radical (unpaired) electrons. The third-order valence-corrected chi connectivity index (χ3v) is 5.81. The van der Waals surface area contributed by atoms with Gasteiger partial charge in [-0.05, 0) is 31.2 Å². The third-order valence-electron chi connectivity index (χ3n) is 4.60. The molecule has 27 heavy (non-hydrogen) atoms. The first kappa shape index (κ1) is 19.3. The van der Waals surface area contributed by atoms with E-state index in [1.165, 1.54) is 16.0 Å². The molecule has 0 aliphatic heterocycles. The molecule has 3 rings (SSSR count). The SMILES string of the molecule is CC(C)(C)c1nn(CC(=O)Nc2sc3c(c2C(N)=O)CCCC3)cc1C=O. The van der Waals surface area contributed by atoms with E-state index in [0.717, 1.165) is 42.4 Å². The summed E-state index contributed by atoms with van der Waals surface area (Å²) in [7, 11) is 0. The summed E-state index contributed by atoms with van der Waals surface area (Å²) in [6.45, 7) is 5.84. The maximum Gasteiger partial charge on any atom is 0.251 e. The predicted molar refractivity (Wildman–Crippen MR) is 104 cm³/mol. The minimum absolute atomic E-state index is 0.0440. The van der Waals surface area contributed by atoms with E-state index in [0.29, 0.717) is 21.8 Å². The fourth-order valence-electron chi connectivity index (χ4n) is 3.41. The van der Waals surface area contributed by atoms with Crippen molar-refractivity contribution < 1.29 is 14.4 Å². The van der Waals surface area contributed by atoms with Crippen LogP contribution in [0.1, 0.15) is 70.5 Å². The molecule has 7 nitrogen and oxygen atoms in total. The van der Waals surface area contributed by atoms with E-state index in [-0.39, 0.29) is 17.9 Å².